The van der Waals surface area contributed by atoms with Gasteiger partial charge in [0.1, 0.15) is 0 Å². The third-order valence-corrected chi connectivity index (χ3v) is 5.09. The Kier molecular flexibility index (Phi) is 7.47. The molecule has 0 aliphatic carbocycles. The van der Waals surface area contributed by atoms with Crippen molar-refractivity contribution < 1.29 is 4.79 Å². The highest BCUT2D eigenvalue weighted by Crippen LogP contribution is 2.13. The van der Waals surface area contributed by atoms with Crippen LogP contribution in [0.2, 0.25) is 0 Å². The van der Waals surface area contributed by atoms with E-state index >= 15 is 0 Å². The summed E-state index contributed by atoms with van der Waals surface area (Å²) in [6, 6.07) is 20.4. The first-order valence-electron chi connectivity index (χ1n) is 10.1. The minimum absolute atomic E-state index is 0.144. The van der Waals surface area contributed by atoms with Gasteiger partial charge in [-0.2, -0.15) is 0 Å². The number of amides is 1. The molecule has 3 aromatic rings. The van der Waals surface area contributed by atoms with E-state index in [-0.39, 0.29) is 11.9 Å². The van der Waals surface area contributed by atoms with E-state index in [1.807, 2.05) is 36.4 Å². The quantitative estimate of drug-likeness (QED) is 0.605. The number of benzene rings is 2. The maximum Gasteiger partial charge on any atom is 0.254 e. The Labute approximate surface area is 172 Å². The molecule has 0 bridgehead atoms. The Morgan fingerprint density at radius 1 is 0.931 bits per heavy atom. The van der Waals surface area contributed by atoms with Gasteiger partial charge in [-0.15, -0.1) is 0 Å². The van der Waals surface area contributed by atoms with Crippen LogP contribution in [0.1, 0.15) is 29.8 Å². The minimum Gasteiger partial charge on any atom is -0.350 e. The Hall–Kier alpha value is -3.05. The Balaban J connectivity index is 1.64. The zero-order chi connectivity index (χ0) is 20.5. The Morgan fingerprint density at radius 3 is 2.10 bits per heavy atom. The highest BCUT2D eigenvalue weighted by atomic mass is 16.1. The third kappa shape index (κ3) is 5.72. The fourth-order valence-electron chi connectivity index (χ4n) is 3.45. The van der Waals surface area contributed by atoms with Gasteiger partial charge in [0.25, 0.3) is 5.91 Å². The maximum absolute atomic E-state index is 12.6. The molecular weight excluding hydrogens is 360 g/mol. The molecular formula is C24H28N4O. The molecule has 1 amide bonds. The molecule has 0 fully saturated rings. The van der Waals surface area contributed by atoms with E-state index in [4.69, 9.17) is 0 Å². The first-order valence-corrected chi connectivity index (χ1v) is 10.1. The van der Waals surface area contributed by atoms with E-state index in [0.29, 0.717) is 17.9 Å². The second kappa shape index (κ2) is 10.5. The zero-order valence-electron chi connectivity index (χ0n) is 17.1. The molecule has 0 saturated heterocycles. The lowest BCUT2D eigenvalue weighted by molar-refractivity contribution is 0.0934. The van der Waals surface area contributed by atoms with E-state index in [0.717, 1.165) is 25.1 Å². The number of hydrogen-bond acceptors (Lipinski definition) is 4. The molecule has 3 rings (SSSR count). The van der Waals surface area contributed by atoms with Gasteiger partial charge in [0.05, 0.1) is 5.56 Å². The van der Waals surface area contributed by atoms with Gasteiger partial charge >= 0.3 is 0 Å². The molecule has 1 atom stereocenters. The number of rotatable bonds is 9. The van der Waals surface area contributed by atoms with Gasteiger partial charge in [0.15, 0.2) is 5.82 Å². The van der Waals surface area contributed by atoms with Gasteiger partial charge in [-0.1, -0.05) is 74.5 Å². The summed E-state index contributed by atoms with van der Waals surface area (Å²) in [4.78, 5) is 23.7. The molecule has 1 unspecified atom stereocenters. The lowest BCUT2D eigenvalue weighted by atomic mass is 10.0. The van der Waals surface area contributed by atoms with Crippen LogP contribution in [-0.4, -0.2) is 46.5 Å². The molecule has 0 aliphatic rings. The summed E-state index contributed by atoms with van der Waals surface area (Å²) < 4.78 is 0. The molecule has 29 heavy (non-hydrogen) atoms. The average molecular weight is 389 g/mol. The van der Waals surface area contributed by atoms with E-state index in [1.165, 1.54) is 5.56 Å². The fourth-order valence-corrected chi connectivity index (χ4v) is 3.45. The van der Waals surface area contributed by atoms with Crippen LogP contribution in [0.3, 0.4) is 0 Å². The average Bonchev–Trinajstić information content (AvgIpc) is 2.79. The molecule has 5 nitrogen and oxygen atoms in total. The number of aromatic nitrogens is 2. The maximum atomic E-state index is 12.6. The van der Waals surface area contributed by atoms with Gasteiger partial charge in [-0.3, -0.25) is 9.69 Å². The molecule has 1 N–H and O–H groups in total. The Bertz CT molecular complexity index is 878. The highest BCUT2D eigenvalue weighted by Gasteiger charge is 2.18. The van der Waals surface area contributed by atoms with Crippen molar-refractivity contribution in [2.24, 2.45) is 0 Å². The van der Waals surface area contributed by atoms with Crippen LogP contribution in [-0.2, 0) is 6.42 Å². The first kappa shape index (κ1) is 20.7. The SMILES string of the molecule is CCN(CC)C(CNC(=O)c1cnc(-c2ccccc2)nc1)Cc1ccccc1. The fraction of sp³-hybridized carbons (Fsp3) is 0.292. The van der Waals surface area contributed by atoms with Crippen molar-refractivity contribution in [2.45, 2.75) is 26.3 Å². The van der Waals surface area contributed by atoms with Crippen LogP contribution in [0.5, 0.6) is 0 Å². The number of carbonyl (C=O) groups excluding carboxylic acids is 1. The normalized spacial score (nSPS) is 12.0. The van der Waals surface area contributed by atoms with E-state index in [1.54, 1.807) is 12.4 Å². The van der Waals surface area contributed by atoms with Gasteiger partial charge in [-0.25, -0.2) is 9.97 Å². The summed E-state index contributed by atoms with van der Waals surface area (Å²) in [5, 5.41) is 3.07. The van der Waals surface area contributed by atoms with Crippen LogP contribution >= 0.6 is 0 Å². The molecule has 1 aromatic heterocycles. The molecule has 2 aromatic carbocycles. The predicted molar refractivity (Wildman–Crippen MR) is 117 cm³/mol. The lowest BCUT2D eigenvalue weighted by Crippen LogP contribution is -2.45. The topological polar surface area (TPSA) is 58.1 Å². The van der Waals surface area contributed by atoms with Gasteiger partial charge in [0, 0.05) is 30.5 Å². The van der Waals surface area contributed by atoms with E-state index in [9.17, 15) is 4.79 Å². The number of nitrogens with zero attached hydrogens (tertiary/aromatic N) is 3. The molecule has 0 radical (unpaired) electrons. The Morgan fingerprint density at radius 2 is 1.52 bits per heavy atom. The van der Waals surface area contributed by atoms with Crippen molar-refractivity contribution in [3.63, 3.8) is 0 Å². The van der Waals surface area contributed by atoms with Crippen LogP contribution in [0.4, 0.5) is 0 Å². The minimum atomic E-state index is -0.144. The summed E-state index contributed by atoms with van der Waals surface area (Å²) in [7, 11) is 0. The number of likely N-dealkylation sites (N-methyl/N-ethyl adjacent to an activating group) is 1. The molecule has 1 heterocycles. The summed E-state index contributed by atoms with van der Waals surface area (Å²) >= 11 is 0. The molecule has 0 aliphatic heterocycles. The monoisotopic (exact) mass is 388 g/mol. The van der Waals surface area contributed by atoms with E-state index < -0.39 is 0 Å². The number of hydrogen-bond donors (Lipinski definition) is 1. The van der Waals surface area contributed by atoms with Crippen molar-refractivity contribution in [1.82, 2.24) is 20.2 Å². The van der Waals surface area contributed by atoms with Crippen LogP contribution < -0.4 is 5.32 Å². The zero-order valence-corrected chi connectivity index (χ0v) is 17.1. The van der Waals surface area contributed by atoms with E-state index in [2.05, 4.69) is 58.3 Å². The number of nitrogens with one attached hydrogen (secondary N) is 1. The predicted octanol–water partition coefficient (Wildman–Crippen LogP) is 3.83. The molecule has 0 spiro atoms. The van der Waals surface area contributed by atoms with Crippen LogP contribution in [0, 0.1) is 0 Å². The lowest BCUT2D eigenvalue weighted by Gasteiger charge is -2.30. The smallest absolute Gasteiger partial charge is 0.254 e. The van der Waals surface area contributed by atoms with Gasteiger partial charge in [0.2, 0.25) is 0 Å². The van der Waals surface area contributed by atoms with Crippen molar-refractivity contribution >= 4 is 5.91 Å². The largest absolute Gasteiger partial charge is 0.350 e. The first-order chi connectivity index (χ1) is 14.2. The standard InChI is InChI=1S/C24H28N4O/c1-3-28(4-2)22(15-19-11-7-5-8-12-19)18-27-24(29)21-16-25-23(26-17-21)20-13-9-6-10-14-20/h5-14,16-17,22H,3-4,15,18H2,1-2H3,(H,27,29). The van der Waals surface area contributed by atoms with Crippen molar-refractivity contribution in [1.29, 1.82) is 0 Å². The second-order valence-electron chi connectivity index (χ2n) is 6.94. The molecule has 0 saturated carbocycles. The van der Waals surface area contributed by atoms with Gasteiger partial charge in [-0.05, 0) is 25.1 Å². The molecule has 5 heteroatoms. The van der Waals surface area contributed by atoms with Crippen molar-refractivity contribution in [2.75, 3.05) is 19.6 Å². The summed E-state index contributed by atoms with van der Waals surface area (Å²) in [5.74, 6) is 0.474. The highest BCUT2D eigenvalue weighted by molar-refractivity contribution is 5.93. The van der Waals surface area contributed by atoms with Crippen molar-refractivity contribution in [3.8, 4) is 11.4 Å². The summed E-state index contributed by atoms with van der Waals surface area (Å²) in [5.41, 5.74) is 2.68. The second-order valence-corrected chi connectivity index (χ2v) is 6.94. The van der Waals surface area contributed by atoms with Gasteiger partial charge < -0.3 is 5.32 Å². The summed E-state index contributed by atoms with van der Waals surface area (Å²) in [6.45, 7) is 6.77. The van der Waals surface area contributed by atoms with Crippen LogP contribution in [0.15, 0.2) is 73.1 Å². The van der Waals surface area contributed by atoms with Crippen molar-refractivity contribution in [3.05, 3.63) is 84.2 Å². The number of carbonyl (C=O) groups is 1. The van der Waals surface area contributed by atoms with Crippen LogP contribution in [0.25, 0.3) is 11.4 Å². The summed E-state index contributed by atoms with van der Waals surface area (Å²) in [6.07, 6.45) is 4.08. The molecule has 150 valence electrons. The third-order valence-electron chi connectivity index (χ3n) is 5.09.